The molecule has 3 rings (SSSR count). The van der Waals surface area contributed by atoms with Gasteiger partial charge in [-0.15, -0.1) is 0 Å². The fraction of sp³-hybridized carbons (Fsp3) is 0.0588. The predicted octanol–water partition coefficient (Wildman–Crippen LogP) is -0.0791. The first-order chi connectivity index (χ1) is 10.4. The van der Waals surface area contributed by atoms with Crippen molar-refractivity contribution >= 4 is 26.6 Å². The first-order valence-electron chi connectivity index (χ1n) is 6.75. The van der Waals surface area contributed by atoms with Gasteiger partial charge in [-0.05, 0) is 52.6 Å². The van der Waals surface area contributed by atoms with Crippen LogP contribution in [0, 0.1) is 0 Å². The molecular formula is C17H14NNaO3S. The standard InChI is InChI=1S/C17H15NO3S.Na/c18-16-6-2-12(3-7-16)9-13-1-4-15-11-17(22(19,20)21)8-5-14(15)10-13;/h1-8,10-11H,9,18H2,(H,19,20,21);/q;+1/p-1. The van der Waals surface area contributed by atoms with E-state index in [0.717, 1.165) is 34.0 Å². The minimum absolute atomic E-state index is 0. The summed E-state index contributed by atoms with van der Waals surface area (Å²) in [6.45, 7) is 0. The van der Waals surface area contributed by atoms with E-state index in [1.807, 2.05) is 42.5 Å². The zero-order valence-electron chi connectivity index (χ0n) is 12.7. The number of anilines is 1. The Balaban J connectivity index is 0.00000192. The minimum atomic E-state index is -4.42. The molecule has 0 aliphatic heterocycles. The summed E-state index contributed by atoms with van der Waals surface area (Å²) in [6, 6.07) is 17.8. The third-order valence-electron chi connectivity index (χ3n) is 3.55. The van der Waals surface area contributed by atoms with Gasteiger partial charge in [0.1, 0.15) is 10.1 Å². The average molecular weight is 335 g/mol. The molecule has 0 heterocycles. The van der Waals surface area contributed by atoms with Crippen molar-refractivity contribution in [3.8, 4) is 0 Å². The van der Waals surface area contributed by atoms with E-state index in [0.29, 0.717) is 0 Å². The van der Waals surface area contributed by atoms with Crippen molar-refractivity contribution in [2.75, 3.05) is 5.73 Å². The largest absolute Gasteiger partial charge is 1.00 e. The van der Waals surface area contributed by atoms with Crippen LogP contribution >= 0.6 is 0 Å². The maximum Gasteiger partial charge on any atom is 1.00 e. The Labute approximate surface area is 157 Å². The van der Waals surface area contributed by atoms with Gasteiger partial charge in [-0.2, -0.15) is 0 Å². The summed E-state index contributed by atoms with van der Waals surface area (Å²) in [7, 11) is -4.42. The molecule has 0 aliphatic carbocycles. The van der Waals surface area contributed by atoms with Gasteiger partial charge in [-0.1, -0.05) is 36.4 Å². The summed E-state index contributed by atoms with van der Waals surface area (Å²) in [5.74, 6) is 0. The maximum atomic E-state index is 11.0. The van der Waals surface area contributed by atoms with Crippen molar-refractivity contribution in [3.63, 3.8) is 0 Å². The van der Waals surface area contributed by atoms with E-state index in [-0.39, 0.29) is 34.5 Å². The van der Waals surface area contributed by atoms with Crippen LogP contribution in [0.25, 0.3) is 10.8 Å². The second-order valence-electron chi connectivity index (χ2n) is 5.22. The van der Waals surface area contributed by atoms with Gasteiger partial charge in [0.2, 0.25) is 0 Å². The molecule has 0 atom stereocenters. The van der Waals surface area contributed by atoms with E-state index >= 15 is 0 Å². The SMILES string of the molecule is Nc1ccc(Cc2ccc3cc(S(=O)(=O)[O-])ccc3c2)cc1.[Na+]. The van der Waals surface area contributed by atoms with Gasteiger partial charge in [0, 0.05) is 5.69 Å². The van der Waals surface area contributed by atoms with Crippen molar-refractivity contribution in [2.24, 2.45) is 0 Å². The van der Waals surface area contributed by atoms with Crippen molar-refractivity contribution in [1.82, 2.24) is 0 Å². The number of rotatable bonds is 3. The van der Waals surface area contributed by atoms with Crippen LogP contribution < -0.4 is 35.3 Å². The van der Waals surface area contributed by atoms with E-state index in [1.165, 1.54) is 12.1 Å². The zero-order chi connectivity index (χ0) is 15.7. The van der Waals surface area contributed by atoms with Crippen molar-refractivity contribution < 1.29 is 42.5 Å². The molecule has 3 aromatic rings. The summed E-state index contributed by atoms with van der Waals surface area (Å²) < 4.78 is 33.1. The number of nitrogens with two attached hydrogens (primary N) is 1. The van der Waals surface area contributed by atoms with Crippen LogP contribution in [0.5, 0.6) is 0 Å². The molecule has 0 saturated carbocycles. The van der Waals surface area contributed by atoms with Crippen LogP contribution in [0.2, 0.25) is 0 Å². The summed E-state index contributed by atoms with van der Waals surface area (Å²) in [5, 5.41) is 1.64. The normalized spacial score (nSPS) is 11.2. The smallest absolute Gasteiger partial charge is 0.744 e. The number of benzene rings is 3. The van der Waals surface area contributed by atoms with Crippen LogP contribution in [-0.2, 0) is 16.5 Å². The van der Waals surface area contributed by atoms with Gasteiger partial charge < -0.3 is 10.3 Å². The quantitative estimate of drug-likeness (QED) is 0.412. The zero-order valence-corrected chi connectivity index (χ0v) is 15.5. The number of fused-ring (bicyclic) bond motifs is 1. The average Bonchev–Trinajstić information content (AvgIpc) is 2.48. The van der Waals surface area contributed by atoms with Crippen molar-refractivity contribution in [2.45, 2.75) is 11.3 Å². The van der Waals surface area contributed by atoms with E-state index < -0.39 is 10.1 Å². The van der Waals surface area contributed by atoms with E-state index in [1.54, 1.807) is 6.07 Å². The Bertz CT molecular complexity index is 938. The molecule has 0 saturated heterocycles. The van der Waals surface area contributed by atoms with Crippen molar-refractivity contribution in [3.05, 3.63) is 71.8 Å². The molecular weight excluding hydrogens is 321 g/mol. The monoisotopic (exact) mass is 335 g/mol. The molecule has 3 aromatic carbocycles. The summed E-state index contributed by atoms with van der Waals surface area (Å²) in [5.41, 5.74) is 8.65. The molecule has 4 nitrogen and oxygen atoms in total. The number of hydrogen-bond donors (Lipinski definition) is 1. The van der Waals surface area contributed by atoms with Gasteiger partial charge >= 0.3 is 29.6 Å². The van der Waals surface area contributed by atoms with Gasteiger partial charge in [0.15, 0.2) is 0 Å². The number of hydrogen-bond acceptors (Lipinski definition) is 4. The molecule has 0 aliphatic rings. The van der Waals surface area contributed by atoms with E-state index in [2.05, 4.69) is 0 Å². The molecule has 0 bridgehead atoms. The van der Waals surface area contributed by atoms with Crippen LogP contribution in [0.3, 0.4) is 0 Å². The predicted molar refractivity (Wildman–Crippen MR) is 85.6 cm³/mol. The molecule has 0 radical (unpaired) electrons. The molecule has 0 spiro atoms. The molecule has 0 unspecified atom stereocenters. The summed E-state index contributed by atoms with van der Waals surface area (Å²) >= 11 is 0. The summed E-state index contributed by atoms with van der Waals surface area (Å²) in [4.78, 5) is -0.203. The molecule has 23 heavy (non-hydrogen) atoms. The van der Waals surface area contributed by atoms with Crippen LogP contribution in [-0.4, -0.2) is 13.0 Å². The molecule has 2 N–H and O–H groups in total. The molecule has 0 fully saturated rings. The topological polar surface area (TPSA) is 83.2 Å². The maximum absolute atomic E-state index is 11.0. The van der Waals surface area contributed by atoms with Crippen LogP contribution in [0.15, 0.2) is 65.6 Å². The van der Waals surface area contributed by atoms with Gasteiger partial charge in [-0.25, -0.2) is 8.42 Å². The fourth-order valence-corrected chi connectivity index (χ4v) is 2.92. The Morgan fingerprint density at radius 1 is 0.826 bits per heavy atom. The van der Waals surface area contributed by atoms with E-state index in [4.69, 9.17) is 5.73 Å². The van der Waals surface area contributed by atoms with Gasteiger partial charge in [0.25, 0.3) is 0 Å². The Morgan fingerprint density at radius 2 is 1.39 bits per heavy atom. The first kappa shape index (κ1) is 18.0. The minimum Gasteiger partial charge on any atom is -0.744 e. The first-order valence-corrected chi connectivity index (χ1v) is 8.16. The molecule has 0 aromatic heterocycles. The van der Waals surface area contributed by atoms with Gasteiger partial charge in [-0.3, -0.25) is 0 Å². The second-order valence-corrected chi connectivity index (χ2v) is 6.60. The molecule has 0 amide bonds. The third-order valence-corrected chi connectivity index (χ3v) is 4.38. The third kappa shape index (κ3) is 4.34. The van der Waals surface area contributed by atoms with Crippen LogP contribution in [0.4, 0.5) is 5.69 Å². The van der Waals surface area contributed by atoms with Crippen molar-refractivity contribution in [1.29, 1.82) is 0 Å². The van der Waals surface area contributed by atoms with Gasteiger partial charge in [0.05, 0.1) is 4.90 Å². The fourth-order valence-electron chi connectivity index (χ4n) is 2.41. The van der Waals surface area contributed by atoms with E-state index in [9.17, 15) is 13.0 Å². The Morgan fingerprint density at radius 3 is 2.04 bits per heavy atom. The Kier molecular flexibility index (Phi) is 5.49. The molecule has 112 valence electrons. The summed E-state index contributed by atoms with van der Waals surface area (Å²) in [6.07, 6.45) is 0.762. The second kappa shape index (κ2) is 7.03. The van der Waals surface area contributed by atoms with Crippen LogP contribution in [0.1, 0.15) is 11.1 Å². The molecule has 6 heteroatoms. The number of nitrogen functional groups attached to an aromatic ring is 1. The Hall–Kier alpha value is -1.37.